The molecule has 90 valence electrons. The SMILES string of the molecule is CC(C)(C)SC/C(=N\O)c1cc(Cl)sc1Cl. The summed E-state index contributed by atoms with van der Waals surface area (Å²) in [5, 5.41) is 12.3. The maximum Gasteiger partial charge on any atom is 0.104 e. The van der Waals surface area contributed by atoms with Gasteiger partial charge in [-0.05, 0) is 6.07 Å². The van der Waals surface area contributed by atoms with Gasteiger partial charge >= 0.3 is 0 Å². The average molecular weight is 298 g/mol. The lowest BCUT2D eigenvalue weighted by molar-refractivity contribution is 0.319. The van der Waals surface area contributed by atoms with Crippen molar-refractivity contribution in [3.05, 3.63) is 20.3 Å². The highest BCUT2D eigenvalue weighted by Gasteiger charge is 2.17. The number of rotatable bonds is 3. The number of halogens is 2. The molecule has 2 nitrogen and oxygen atoms in total. The van der Waals surface area contributed by atoms with Crippen molar-refractivity contribution in [2.24, 2.45) is 5.16 Å². The van der Waals surface area contributed by atoms with Crippen LogP contribution in [-0.4, -0.2) is 21.4 Å². The molecule has 0 atom stereocenters. The molecule has 0 amide bonds. The number of thiophene rings is 1. The minimum absolute atomic E-state index is 0.113. The van der Waals surface area contributed by atoms with Crippen LogP contribution >= 0.6 is 46.3 Å². The van der Waals surface area contributed by atoms with Crippen LogP contribution in [0.2, 0.25) is 8.67 Å². The van der Waals surface area contributed by atoms with E-state index >= 15 is 0 Å². The Balaban J connectivity index is 2.81. The van der Waals surface area contributed by atoms with Crippen LogP contribution in [0.5, 0.6) is 0 Å². The van der Waals surface area contributed by atoms with E-state index in [4.69, 9.17) is 28.4 Å². The molecule has 1 heterocycles. The first kappa shape index (κ1) is 14.2. The van der Waals surface area contributed by atoms with Crippen molar-refractivity contribution < 1.29 is 5.21 Å². The molecule has 1 aromatic heterocycles. The third-order valence-corrected chi connectivity index (χ3v) is 4.50. The number of thioether (sulfide) groups is 1. The Bertz CT molecular complexity index is 396. The van der Waals surface area contributed by atoms with Gasteiger partial charge in [-0.3, -0.25) is 0 Å². The molecule has 0 aromatic carbocycles. The Hall–Kier alpha value is 0.1000. The van der Waals surface area contributed by atoms with Crippen molar-refractivity contribution in [2.75, 3.05) is 5.75 Å². The van der Waals surface area contributed by atoms with E-state index in [0.29, 0.717) is 20.1 Å². The molecule has 0 aliphatic carbocycles. The lowest BCUT2D eigenvalue weighted by Crippen LogP contribution is -2.13. The third-order valence-electron chi connectivity index (χ3n) is 1.73. The molecule has 0 aliphatic rings. The summed E-state index contributed by atoms with van der Waals surface area (Å²) in [4.78, 5) is 0. The molecule has 0 saturated carbocycles. The summed E-state index contributed by atoms with van der Waals surface area (Å²) in [7, 11) is 0. The van der Waals surface area contributed by atoms with E-state index in [2.05, 4.69) is 25.9 Å². The maximum atomic E-state index is 8.99. The van der Waals surface area contributed by atoms with E-state index < -0.39 is 0 Å². The summed E-state index contributed by atoms with van der Waals surface area (Å²) in [5.74, 6) is 0.604. The number of hydrogen-bond donors (Lipinski definition) is 1. The zero-order valence-electron chi connectivity index (χ0n) is 9.25. The molecule has 0 bridgehead atoms. The quantitative estimate of drug-likeness (QED) is 0.495. The van der Waals surface area contributed by atoms with Crippen LogP contribution < -0.4 is 0 Å². The highest BCUT2D eigenvalue weighted by atomic mass is 35.5. The second kappa shape index (κ2) is 5.63. The van der Waals surface area contributed by atoms with Gasteiger partial charge in [-0.1, -0.05) is 49.1 Å². The Morgan fingerprint density at radius 1 is 1.50 bits per heavy atom. The fraction of sp³-hybridized carbons (Fsp3) is 0.500. The van der Waals surface area contributed by atoms with Crippen LogP contribution in [0.15, 0.2) is 11.2 Å². The summed E-state index contributed by atoms with van der Waals surface area (Å²) >= 11 is 14.8. The van der Waals surface area contributed by atoms with Crippen molar-refractivity contribution in [1.29, 1.82) is 0 Å². The Morgan fingerprint density at radius 2 is 2.12 bits per heavy atom. The molecule has 0 fully saturated rings. The summed E-state index contributed by atoms with van der Waals surface area (Å²) in [5.41, 5.74) is 1.28. The summed E-state index contributed by atoms with van der Waals surface area (Å²) in [6, 6.07) is 1.73. The maximum absolute atomic E-state index is 8.99. The topological polar surface area (TPSA) is 32.6 Å². The van der Waals surface area contributed by atoms with E-state index in [-0.39, 0.29) is 4.75 Å². The molecular weight excluding hydrogens is 285 g/mol. The van der Waals surface area contributed by atoms with Gasteiger partial charge in [0.1, 0.15) is 4.34 Å². The van der Waals surface area contributed by atoms with E-state index in [1.54, 1.807) is 17.8 Å². The number of oxime groups is 1. The minimum Gasteiger partial charge on any atom is -0.411 e. The third kappa shape index (κ3) is 4.17. The molecule has 1 N–H and O–H groups in total. The van der Waals surface area contributed by atoms with Gasteiger partial charge in [0.25, 0.3) is 0 Å². The highest BCUT2D eigenvalue weighted by molar-refractivity contribution is 8.01. The second-order valence-electron chi connectivity index (χ2n) is 4.19. The Kier molecular flexibility index (Phi) is 4.98. The van der Waals surface area contributed by atoms with Gasteiger partial charge < -0.3 is 5.21 Å². The molecule has 0 radical (unpaired) electrons. The van der Waals surface area contributed by atoms with Crippen LogP contribution in [0.4, 0.5) is 0 Å². The van der Waals surface area contributed by atoms with Gasteiger partial charge in [-0.15, -0.1) is 23.1 Å². The molecule has 0 saturated heterocycles. The normalized spacial score (nSPS) is 13.2. The van der Waals surface area contributed by atoms with Crippen molar-refractivity contribution in [3.8, 4) is 0 Å². The molecule has 0 unspecified atom stereocenters. The fourth-order valence-electron chi connectivity index (χ4n) is 0.982. The fourth-order valence-corrected chi connectivity index (χ4v) is 3.27. The van der Waals surface area contributed by atoms with Gasteiger partial charge in [0.05, 0.1) is 10.0 Å². The van der Waals surface area contributed by atoms with Gasteiger partial charge in [0.2, 0.25) is 0 Å². The zero-order valence-corrected chi connectivity index (χ0v) is 12.4. The van der Waals surface area contributed by atoms with Crippen LogP contribution in [0.25, 0.3) is 0 Å². The van der Waals surface area contributed by atoms with Crippen LogP contribution in [0.1, 0.15) is 26.3 Å². The first-order valence-corrected chi connectivity index (χ1v) is 7.19. The van der Waals surface area contributed by atoms with Gasteiger partial charge in [0.15, 0.2) is 0 Å². The lowest BCUT2D eigenvalue weighted by atomic mass is 10.2. The standard InChI is InChI=1S/C10H13Cl2NOS2/c1-10(2,3)15-5-7(13-14)6-4-8(11)16-9(6)12/h4,14H,5H2,1-3H3/b13-7+. The highest BCUT2D eigenvalue weighted by Crippen LogP contribution is 2.33. The molecule has 16 heavy (non-hydrogen) atoms. The van der Waals surface area contributed by atoms with Crippen molar-refractivity contribution in [1.82, 2.24) is 0 Å². The largest absolute Gasteiger partial charge is 0.411 e. The Morgan fingerprint density at radius 3 is 2.50 bits per heavy atom. The van der Waals surface area contributed by atoms with Gasteiger partial charge in [0, 0.05) is 16.1 Å². The van der Waals surface area contributed by atoms with E-state index in [1.165, 1.54) is 11.3 Å². The molecule has 1 rings (SSSR count). The minimum atomic E-state index is 0.113. The van der Waals surface area contributed by atoms with Crippen LogP contribution in [0, 0.1) is 0 Å². The lowest BCUT2D eigenvalue weighted by Gasteiger charge is -2.17. The van der Waals surface area contributed by atoms with Crippen molar-refractivity contribution in [3.63, 3.8) is 0 Å². The molecular formula is C10H13Cl2NOS2. The van der Waals surface area contributed by atoms with Crippen LogP contribution in [0.3, 0.4) is 0 Å². The Labute approximate surface area is 114 Å². The van der Waals surface area contributed by atoms with E-state index in [9.17, 15) is 0 Å². The molecule has 0 aliphatic heterocycles. The smallest absolute Gasteiger partial charge is 0.104 e. The summed E-state index contributed by atoms with van der Waals surface area (Å²) in [6.45, 7) is 6.32. The van der Waals surface area contributed by atoms with Crippen LogP contribution in [-0.2, 0) is 0 Å². The first-order valence-electron chi connectivity index (χ1n) is 4.63. The zero-order chi connectivity index (χ0) is 12.3. The molecule has 0 spiro atoms. The van der Waals surface area contributed by atoms with Crippen molar-refractivity contribution in [2.45, 2.75) is 25.5 Å². The summed E-state index contributed by atoms with van der Waals surface area (Å²) in [6.07, 6.45) is 0. The van der Waals surface area contributed by atoms with E-state index in [1.807, 2.05) is 0 Å². The predicted molar refractivity (Wildman–Crippen MR) is 74.9 cm³/mol. The van der Waals surface area contributed by atoms with E-state index in [0.717, 1.165) is 5.56 Å². The molecule has 1 aromatic rings. The summed E-state index contributed by atoms with van der Waals surface area (Å²) < 4.78 is 1.27. The monoisotopic (exact) mass is 297 g/mol. The first-order chi connectivity index (χ1) is 7.33. The van der Waals surface area contributed by atoms with Gasteiger partial charge in [-0.25, -0.2) is 0 Å². The average Bonchev–Trinajstić information content (AvgIpc) is 2.45. The predicted octanol–water partition coefficient (Wildman–Crippen LogP) is 4.76. The van der Waals surface area contributed by atoms with Crippen molar-refractivity contribution >= 4 is 52.0 Å². The number of nitrogens with zero attached hydrogens (tertiary/aromatic N) is 1. The number of hydrogen-bond acceptors (Lipinski definition) is 4. The van der Waals surface area contributed by atoms with Gasteiger partial charge in [-0.2, -0.15) is 0 Å². The second-order valence-corrected chi connectivity index (χ2v) is 8.27. The molecule has 6 heteroatoms.